The van der Waals surface area contributed by atoms with Crippen LogP contribution in [0, 0.1) is 0 Å². The van der Waals surface area contributed by atoms with Crippen molar-refractivity contribution >= 4 is 58.0 Å². The van der Waals surface area contributed by atoms with Gasteiger partial charge in [0.25, 0.3) is 9.70 Å². The van der Waals surface area contributed by atoms with E-state index in [4.69, 9.17) is 49.0 Å². The van der Waals surface area contributed by atoms with Crippen molar-refractivity contribution in [2.24, 2.45) is 0 Å². The fourth-order valence-electron chi connectivity index (χ4n) is 6.89. The first kappa shape index (κ1) is 26.4. The molecule has 0 saturated heterocycles. The van der Waals surface area contributed by atoms with Gasteiger partial charge < -0.3 is 24.0 Å². The average Bonchev–Trinajstić information content (AvgIpc) is 3.45. The van der Waals surface area contributed by atoms with Crippen molar-refractivity contribution in [1.29, 1.82) is 0 Å². The van der Waals surface area contributed by atoms with E-state index >= 15 is 0 Å². The summed E-state index contributed by atoms with van der Waals surface area (Å²) in [6.07, 6.45) is 1.80. The predicted octanol–water partition coefficient (Wildman–Crippen LogP) is 4.95. The van der Waals surface area contributed by atoms with Gasteiger partial charge in [0.15, 0.2) is 11.5 Å². The van der Waals surface area contributed by atoms with E-state index in [9.17, 15) is 9.59 Å². The van der Waals surface area contributed by atoms with E-state index < -0.39 is 15.1 Å². The summed E-state index contributed by atoms with van der Waals surface area (Å²) < 4.78 is 15.7. The van der Waals surface area contributed by atoms with Crippen LogP contribution in [0.25, 0.3) is 0 Å². The molecule has 6 rings (SSSR count). The fraction of sp³-hybridized carbons (Fsp3) is 0.429. The van der Waals surface area contributed by atoms with E-state index in [0.717, 1.165) is 35.3 Å². The van der Waals surface area contributed by atoms with Crippen LogP contribution in [0.2, 0.25) is 0 Å². The Kier molecular flexibility index (Phi) is 6.17. The molecule has 4 heterocycles. The molecule has 0 aromatic heterocycles. The van der Waals surface area contributed by atoms with Crippen LogP contribution in [0.4, 0.5) is 11.4 Å². The fourth-order valence-corrected chi connectivity index (χ4v) is 7.20. The summed E-state index contributed by atoms with van der Waals surface area (Å²) in [5, 5.41) is 0. The molecule has 2 aromatic carbocycles. The maximum Gasteiger partial charge on any atom is 0.278 e. The number of rotatable bonds is 4. The van der Waals surface area contributed by atoms with Gasteiger partial charge in [-0.25, -0.2) is 0 Å². The minimum absolute atomic E-state index is 0.0867. The second kappa shape index (κ2) is 9.11. The van der Waals surface area contributed by atoms with Crippen molar-refractivity contribution in [1.82, 2.24) is 4.90 Å². The third-order valence-electron chi connectivity index (χ3n) is 8.41. The Morgan fingerprint density at radius 2 is 1.69 bits per heavy atom. The average molecular weight is 593 g/mol. The number of nitrogens with zero attached hydrogens (tertiary/aromatic N) is 3. The summed E-state index contributed by atoms with van der Waals surface area (Å²) in [6.45, 7) is 1.13. The number of allylic oxidation sites excluding steroid dienone is 2. The van der Waals surface area contributed by atoms with Gasteiger partial charge in [0.2, 0.25) is 5.91 Å². The lowest BCUT2D eigenvalue weighted by atomic mass is 9.67. The van der Waals surface area contributed by atoms with Crippen molar-refractivity contribution in [3.8, 4) is 17.2 Å². The molecular weight excluding hydrogens is 565 g/mol. The van der Waals surface area contributed by atoms with Crippen molar-refractivity contribution in [3.05, 3.63) is 52.3 Å². The monoisotopic (exact) mass is 591 g/mol. The first-order valence-corrected chi connectivity index (χ1v) is 13.9. The number of carbonyl (C=O) groups excluding carboxylic acids is 2. The van der Waals surface area contributed by atoms with Gasteiger partial charge in [-0.1, -0.05) is 46.9 Å². The molecule has 0 unspecified atom stereocenters. The molecule has 0 radical (unpaired) electrons. The number of anilines is 2. The number of carbonyl (C=O) groups is 2. The molecule has 0 fully saturated rings. The van der Waals surface area contributed by atoms with Crippen LogP contribution in [0.15, 0.2) is 35.7 Å². The number of hydrogen-bond acceptors (Lipinski definition) is 6. The number of benzene rings is 2. The molecule has 4 aliphatic heterocycles. The third-order valence-corrected chi connectivity index (χ3v) is 8.89. The van der Waals surface area contributed by atoms with Gasteiger partial charge in [0.05, 0.1) is 43.8 Å². The van der Waals surface area contributed by atoms with Crippen LogP contribution in [-0.4, -0.2) is 62.0 Å². The highest BCUT2D eigenvalue weighted by molar-refractivity contribution is 6.76. The molecule has 0 spiro atoms. The van der Waals surface area contributed by atoms with E-state index in [2.05, 4.69) is 11.0 Å². The molecular formula is C28H28Cl3N3O5. The van der Waals surface area contributed by atoms with E-state index in [1.54, 1.807) is 26.2 Å². The summed E-state index contributed by atoms with van der Waals surface area (Å²) in [5.74, 6) is 1.07. The molecule has 1 atom stereocenters. The number of para-hydroxylation sites is 1. The standard InChI is InChI=1S/C28H28Cl3N3O5/c1-32-12-10-15-14-17(23(38-3)24(39-4)21(15)32)27-11-13-33(26(36)28(29,30)31)18-8-9-20(35)34(25(18)27)22-16(27)6-5-7-19(22)37-2/h5-7,14H,8-13H2,1-4H3/t27-/m0/s1. The van der Waals surface area contributed by atoms with Crippen LogP contribution in [0.3, 0.4) is 0 Å². The number of fused-ring (bicyclic) bond motifs is 4. The van der Waals surface area contributed by atoms with Crippen LogP contribution < -0.4 is 24.0 Å². The smallest absolute Gasteiger partial charge is 0.278 e. The molecule has 0 aliphatic carbocycles. The van der Waals surface area contributed by atoms with Crippen molar-refractivity contribution in [3.63, 3.8) is 0 Å². The van der Waals surface area contributed by atoms with Gasteiger partial charge >= 0.3 is 0 Å². The van der Waals surface area contributed by atoms with Crippen molar-refractivity contribution < 1.29 is 23.8 Å². The topological polar surface area (TPSA) is 71.6 Å². The summed E-state index contributed by atoms with van der Waals surface area (Å²) in [6, 6.07) is 7.95. The van der Waals surface area contributed by atoms with Gasteiger partial charge in [0, 0.05) is 37.8 Å². The Bertz CT molecular complexity index is 1450. The molecule has 0 saturated carbocycles. The highest BCUT2D eigenvalue weighted by atomic mass is 35.6. The molecule has 39 heavy (non-hydrogen) atoms. The molecule has 0 bridgehead atoms. The van der Waals surface area contributed by atoms with E-state index in [1.807, 2.05) is 25.2 Å². The number of methoxy groups -OCH3 is 3. The Balaban J connectivity index is 1.74. The van der Waals surface area contributed by atoms with E-state index in [-0.39, 0.29) is 18.9 Å². The Morgan fingerprint density at radius 1 is 0.949 bits per heavy atom. The van der Waals surface area contributed by atoms with Gasteiger partial charge in [-0.05, 0) is 42.5 Å². The molecule has 4 aliphatic rings. The number of halogens is 3. The van der Waals surface area contributed by atoms with Crippen LogP contribution in [-0.2, 0) is 21.4 Å². The summed E-state index contributed by atoms with van der Waals surface area (Å²) >= 11 is 18.3. The summed E-state index contributed by atoms with van der Waals surface area (Å²) in [5.41, 5.74) is 5.06. The molecule has 206 valence electrons. The zero-order valence-corrected chi connectivity index (χ0v) is 24.3. The van der Waals surface area contributed by atoms with Gasteiger partial charge in [0.1, 0.15) is 5.75 Å². The lowest BCUT2D eigenvalue weighted by Crippen LogP contribution is -2.51. The maximum absolute atomic E-state index is 13.7. The Hall–Kier alpha value is -2.81. The Labute approximate surface area is 241 Å². The second-order valence-corrected chi connectivity index (χ2v) is 12.4. The van der Waals surface area contributed by atoms with Gasteiger partial charge in [-0.2, -0.15) is 0 Å². The Morgan fingerprint density at radius 3 is 2.36 bits per heavy atom. The number of ether oxygens (including phenoxy) is 3. The highest BCUT2D eigenvalue weighted by Crippen LogP contribution is 2.64. The third kappa shape index (κ3) is 3.50. The van der Waals surface area contributed by atoms with Crippen LogP contribution in [0.5, 0.6) is 17.2 Å². The zero-order valence-electron chi connectivity index (χ0n) is 22.1. The van der Waals surface area contributed by atoms with Crippen LogP contribution in [0.1, 0.15) is 36.0 Å². The van der Waals surface area contributed by atoms with E-state index in [0.29, 0.717) is 47.2 Å². The number of alkyl halides is 3. The normalized spacial score (nSPS) is 21.6. The summed E-state index contributed by atoms with van der Waals surface area (Å²) in [4.78, 5) is 32.4. The largest absolute Gasteiger partial charge is 0.495 e. The number of amides is 2. The minimum Gasteiger partial charge on any atom is -0.495 e. The molecule has 8 nitrogen and oxygen atoms in total. The number of hydrogen-bond donors (Lipinski definition) is 0. The minimum atomic E-state index is -2.14. The first-order valence-electron chi connectivity index (χ1n) is 12.7. The lowest BCUT2D eigenvalue weighted by molar-refractivity contribution is -0.129. The van der Waals surface area contributed by atoms with Gasteiger partial charge in [-0.3, -0.25) is 14.5 Å². The second-order valence-electron chi connectivity index (χ2n) is 10.2. The highest BCUT2D eigenvalue weighted by Gasteiger charge is 2.59. The lowest BCUT2D eigenvalue weighted by Gasteiger charge is -2.46. The maximum atomic E-state index is 13.7. The van der Waals surface area contributed by atoms with Gasteiger partial charge in [-0.15, -0.1) is 0 Å². The molecule has 11 heteroatoms. The summed E-state index contributed by atoms with van der Waals surface area (Å²) in [7, 11) is 6.88. The van der Waals surface area contributed by atoms with Crippen molar-refractivity contribution in [2.45, 2.75) is 34.9 Å². The molecule has 0 N–H and O–H groups in total. The zero-order chi connectivity index (χ0) is 27.9. The quantitative estimate of drug-likeness (QED) is 0.468. The molecule has 2 aromatic rings. The molecule has 2 amide bonds. The first-order chi connectivity index (χ1) is 18.6. The van der Waals surface area contributed by atoms with Crippen molar-refractivity contribution in [2.75, 3.05) is 51.3 Å². The van der Waals surface area contributed by atoms with Crippen LogP contribution >= 0.6 is 34.8 Å². The predicted molar refractivity (Wildman–Crippen MR) is 151 cm³/mol. The van der Waals surface area contributed by atoms with E-state index in [1.165, 1.54) is 4.90 Å². The SMILES string of the molecule is COc1cccc2c1N1C(=O)CCC3=C1[C@@]2(c1cc2c(c(OC)c1OC)N(C)CC2)CCN3C(=O)C(Cl)(Cl)Cl. The number of likely N-dealkylation sites (N-methyl/N-ethyl adjacent to an activating group) is 1.